The number of ether oxygens (including phenoxy) is 1. The lowest BCUT2D eigenvalue weighted by atomic mass is 9.98. The summed E-state index contributed by atoms with van der Waals surface area (Å²) in [5.74, 6) is -0.549. The van der Waals surface area contributed by atoms with Gasteiger partial charge >= 0.3 is 5.97 Å². The zero-order chi connectivity index (χ0) is 29.8. The highest BCUT2D eigenvalue weighted by molar-refractivity contribution is 8.00. The van der Waals surface area contributed by atoms with Gasteiger partial charge in [-0.1, -0.05) is 97.1 Å². The molecule has 0 saturated carbocycles. The minimum atomic E-state index is -0.749. The fourth-order valence-corrected chi connectivity index (χ4v) is 6.80. The molecule has 3 aromatic carbocycles. The number of pyridine rings is 1. The lowest BCUT2D eigenvalue weighted by molar-refractivity contribution is -0.154. The van der Waals surface area contributed by atoms with Gasteiger partial charge in [0.1, 0.15) is 17.1 Å². The molecule has 0 spiro atoms. The zero-order valence-electron chi connectivity index (χ0n) is 23.1. The Labute approximate surface area is 258 Å². The van der Waals surface area contributed by atoms with Crippen molar-refractivity contribution >= 4 is 46.7 Å². The van der Waals surface area contributed by atoms with E-state index in [0.29, 0.717) is 22.6 Å². The second-order valence-corrected chi connectivity index (χ2v) is 11.6. The Morgan fingerprint density at radius 2 is 1.56 bits per heavy atom. The van der Waals surface area contributed by atoms with Crippen molar-refractivity contribution in [2.24, 2.45) is 0 Å². The Hall–Kier alpha value is -4.40. The number of nitrogens with one attached hydrogen (secondary N) is 1. The topological polar surface area (TPSA) is 88.6 Å². The van der Waals surface area contributed by atoms with Crippen LogP contribution in [0.4, 0.5) is 0 Å². The number of fused-ring (bicyclic) bond motifs is 1. The molecule has 1 N–H and O–H groups in total. The van der Waals surface area contributed by atoms with Gasteiger partial charge in [0.15, 0.2) is 6.10 Å². The number of esters is 1. The number of rotatable bonds is 9. The van der Waals surface area contributed by atoms with Gasteiger partial charge in [0.05, 0.1) is 18.0 Å². The molecule has 2 atom stereocenters. The summed E-state index contributed by atoms with van der Waals surface area (Å²) in [6.45, 7) is 0. The second-order valence-electron chi connectivity index (χ2n) is 10.2. The maximum atomic E-state index is 14.2. The van der Waals surface area contributed by atoms with E-state index in [2.05, 4.69) is 10.3 Å². The van der Waals surface area contributed by atoms with E-state index >= 15 is 0 Å². The molecular formula is C34H28ClN3O4S. The molecule has 216 valence electrons. The number of hydrogen-bond acceptors (Lipinski definition) is 6. The first-order chi connectivity index (χ1) is 21.0. The van der Waals surface area contributed by atoms with Gasteiger partial charge in [-0.2, -0.15) is 0 Å². The Kier molecular flexibility index (Phi) is 8.58. The number of alkyl halides is 1. The number of amides is 2. The molecular weight excluding hydrogens is 582 g/mol. The summed E-state index contributed by atoms with van der Waals surface area (Å²) in [5.41, 5.74) is 4.67. The normalized spacial score (nSPS) is 17.7. The average Bonchev–Trinajstić information content (AvgIpc) is 3.06. The fourth-order valence-electron chi connectivity index (χ4n) is 5.26. The number of halogens is 1. The minimum absolute atomic E-state index is 0.159. The number of hydrogen-bond donors (Lipinski definition) is 1. The number of carbonyl (C=O) groups excluding carboxylic acids is 3. The van der Waals surface area contributed by atoms with Gasteiger partial charge in [-0.15, -0.1) is 23.4 Å². The van der Waals surface area contributed by atoms with Crippen LogP contribution in [0, 0.1) is 0 Å². The van der Waals surface area contributed by atoms with Gasteiger partial charge in [0.25, 0.3) is 5.91 Å². The first-order valence-electron chi connectivity index (χ1n) is 13.9. The molecule has 4 aromatic rings. The SMILES string of the molecule is O=C(Cc1ccccc1)N[C@@H]1C(=O)N2C(C(=O)OC(c3ccccc3)c3ccccc3)=C(c3ccc(CCl)nc3)CS[C@H]12. The number of aromatic nitrogens is 1. The minimum Gasteiger partial charge on any atom is -0.448 e. The van der Waals surface area contributed by atoms with E-state index in [1.165, 1.54) is 16.7 Å². The van der Waals surface area contributed by atoms with E-state index < -0.39 is 23.5 Å². The number of thioether (sulfide) groups is 1. The molecule has 6 rings (SSSR count). The van der Waals surface area contributed by atoms with Crippen LogP contribution in [0.1, 0.15) is 34.1 Å². The molecule has 1 aromatic heterocycles. The van der Waals surface area contributed by atoms with Crippen LogP contribution in [-0.4, -0.2) is 44.8 Å². The van der Waals surface area contributed by atoms with Crippen LogP contribution in [0.25, 0.3) is 5.57 Å². The van der Waals surface area contributed by atoms with Crippen molar-refractivity contribution in [3.63, 3.8) is 0 Å². The zero-order valence-corrected chi connectivity index (χ0v) is 24.6. The average molecular weight is 610 g/mol. The summed E-state index contributed by atoms with van der Waals surface area (Å²) >= 11 is 7.45. The summed E-state index contributed by atoms with van der Waals surface area (Å²) in [6, 6.07) is 31.2. The summed E-state index contributed by atoms with van der Waals surface area (Å²) in [4.78, 5) is 46.5. The van der Waals surface area contributed by atoms with Gasteiger partial charge in [-0.05, 0) is 28.3 Å². The smallest absolute Gasteiger partial charge is 0.356 e. The first kappa shape index (κ1) is 28.7. The third-order valence-corrected chi connectivity index (χ3v) is 8.98. The maximum absolute atomic E-state index is 14.2. The fraction of sp³-hybridized carbons (Fsp3) is 0.176. The van der Waals surface area contributed by atoms with Gasteiger partial charge in [0, 0.05) is 17.5 Å². The third-order valence-electron chi connectivity index (χ3n) is 7.43. The van der Waals surface area contributed by atoms with Crippen LogP contribution in [-0.2, 0) is 31.4 Å². The van der Waals surface area contributed by atoms with Crippen LogP contribution >= 0.6 is 23.4 Å². The molecule has 2 aliphatic rings. The van der Waals surface area contributed by atoms with Crippen LogP contribution < -0.4 is 5.32 Å². The Balaban J connectivity index is 1.32. The summed E-state index contributed by atoms with van der Waals surface area (Å²) in [7, 11) is 0. The first-order valence-corrected chi connectivity index (χ1v) is 15.4. The standard InChI is InChI=1S/C34H28ClN3O4S/c35-19-26-17-16-25(20-36-26)27-21-43-33-29(37-28(39)18-22-10-4-1-5-11-22)32(40)38(33)30(27)34(41)42-31(23-12-6-2-7-13-23)24-14-8-3-9-15-24/h1-17,20,29,31,33H,18-19,21H2,(H,37,39)/t29-,33-/m1/s1. The number of carbonyl (C=O) groups is 3. The molecule has 0 bridgehead atoms. The van der Waals surface area contributed by atoms with Gasteiger partial charge in [-0.3, -0.25) is 19.5 Å². The van der Waals surface area contributed by atoms with Crippen molar-refractivity contribution in [2.45, 2.75) is 29.8 Å². The van der Waals surface area contributed by atoms with Gasteiger partial charge in [0.2, 0.25) is 5.91 Å². The van der Waals surface area contributed by atoms with Crippen LogP contribution in [0.2, 0.25) is 0 Å². The monoisotopic (exact) mass is 609 g/mol. The largest absolute Gasteiger partial charge is 0.448 e. The summed E-state index contributed by atoms with van der Waals surface area (Å²) in [6.07, 6.45) is 1.13. The number of benzene rings is 3. The van der Waals surface area contributed by atoms with E-state index in [4.69, 9.17) is 16.3 Å². The number of β-lactam (4-membered cyclic amide) rings is 1. The Bertz CT molecular complexity index is 1610. The van der Waals surface area contributed by atoms with Crippen molar-refractivity contribution in [2.75, 3.05) is 5.75 Å². The quantitative estimate of drug-likeness (QED) is 0.153. The highest BCUT2D eigenvalue weighted by atomic mass is 35.5. The van der Waals surface area contributed by atoms with E-state index in [1.54, 1.807) is 12.3 Å². The maximum Gasteiger partial charge on any atom is 0.356 e. The number of nitrogens with zero attached hydrogens (tertiary/aromatic N) is 2. The van der Waals surface area contributed by atoms with Crippen molar-refractivity contribution < 1.29 is 19.1 Å². The third kappa shape index (κ3) is 6.07. The highest BCUT2D eigenvalue weighted by Gasteiger charge is 2.54. The Morgan fingerprint density at radius 1 is 0.930 bits per heavy atom. The summed E-state index contributed by atoms with van der Waals surface area (Å²) in [5, 5.41) is 2.44. The predicted octanol–water partition coefficient (Wildman–Crippen LogP) is 5.51. The van der Waals surface area contributed by atoms with Crippen LogP contribution in [0.5, 0.6) is 0 Å². The van der Waals surface area contributed by atoms with E-state index in [0.717, 1.165) is 16.7 Å². The molecule has 2 amide bonds. The molecule has 9 heteroatoms. The molecule has 2 aliphatic heterocycles. The van der Waals surface area contributed by atoms with Crippen molar-refractivity contribution in [1.29, 1.82) is 0 Å². The molecule has 43 heavy (non-hydrogen) atoms. The second kappa shape index (κ2) is 12.9. The lowest BCUT2D eigenvalue weighted by Crippen LogP contribution is -2.70. The van der Waals surface area contributed by atoms with E-state index in [9.17, 15) is 14.4 Å². The van der Waals surface area contributed by atoms with Crippen LogP contribution in [0.3, 0.4) is 0 Å². The predicted molar refractivity (Wildman–Crippen MR) is 167 cm³/mol. The van der Waals surface area contributed by atoms with E-state index in [1.807, 2.05) is 97.1 Å². The molecule has 0 unspecified atom stereocenters. The lowest BCUT2D eigenvalue weighted by Gasteiger charge is -2.50. The highest BCUT2D eigenvalue weighted by Crippen LogP contribution is 2.44. The van der Waals surface area contributed by atoms with Crippen molar-refractivity contribution in [3.05, 3.63) is 143 Å². The molecule has 0 radical (unpaired) electrons. The summed E-state index contributed by atoms with van der Waals surface area (Å²) < 4.78 is 6.23. The van der Waals surface area contributed by atoms with Crippen molar-refractivity contribution in [3.8, 4) is 0 Å². The van der Waals surface area contributed by atoms with Crippen molar-refractivity contribution in [1.82, 2.24) is 15.2 Å². The molecule has 0 aliphatic carbocycles. The Morgan fingerprint density at radius 3 is 2.14 bits per heavy atom. The van der Waals surface area contributed by atoms with E-state index in [-0.39, 0.29) is 29.8 Å². The van der Waals surface area contributed by atoms with Gasteiger partial charge < -0.3 is 10.1 Å². The molecule has 7 nitrogen and oxygen atoms in total. The van der Waals surface area contributed by atoms with Crippen LogP contribution in [0.15, 0.2) is 115 Å². The molecule has 1 fully saturated rings. The van der Waals surface area contributed by atoms with Gasteiger partial charge in [-0.25, -0.2) is 4.79 Å². The molecule has 3 heterocycles. The molecule has 1 saturated heterocycles.